The van der Waals surface area contributed by atoms with Crippen LogP contribution < -0.4 is 5.32 Å². The summed E-state index contributed by atoms with van der Waals surface area (Å²) in [7, 11) is 0. The van der Waals surface area contributed by atoms with E-state index < -0.39 is 0 Å². The van der Waals surface area contributed by atoms with Crippen molar-refractivity contribution in [3.05, 3.63) is 11.8 Å². The molecule has 3 nitrogen and oxygen atoms in total. The molecule has 0 aliphatic rings. The fraction of sp³-hybridized carbons (Fsp3) is 0.692. The number of hydrogen-bond acceptors (Lipinski definition) is 4. The zero-order chi connectivity index (χ0) is 12.5. The van der Waals surface area contributed by atoms with Crippen LogP contribution in [-0.4, -0.2) is 22.3 Å². The molecule has 96 valence electrons. The van der Waals surface area contributed by atoms with Crippen LogP contribution >= 0.6 is 11.8 Å². The largest absolute Gasteiger partial charge is 0.354 e. The number of rotatable bonds is 8. The van der Waals surface area contributed by atoms with E-state index >= 15 is 0 Å². The zero-order valence-corrected chi connectivity index (χ0v) is 11.9. The maximum atomic E-state index is 4.51. The number of aromatic nitrogens is 2. The molecule has 1 rings (SSSR count). The van der Waals surface area contributed by atoms with E-state index in [2.05, 4.69) is 35.2 Å². The lowest BCUT2D eigenvalue weighted by Gasteiger charge is -2.06. The van der Waals surface area contributed by atoms with Gasteiger partial charge < -0.3 is 5.32 Å². The first kappa shape index (κ1) is 14.3. The van der Waals surface area contributed by atoms with Crippen LogP contribution in [0.4, 0.5) is 5.95 Å². The van der Waals surface area contributed by atoms with Crippen molar-refractivity contribution in [1.82, 2.24) is 9.97 Å². The maximum Gasteiger partial charge on any atom is 0.223 e. The van der Waals surface area contributed by atoms with Gasteiger partial charge >= 0.3 is 0 Å². The number of hydrogen-bond donors (Lipinski definition) is 1. The van der Waals surface area contributed by atoms with Gasteiger partial charge in [-0.3, -0.25) is 0 Å². The van der Waals surface area contributed by atoms with Crippen LogP contribution in [0.5, 0.6) is 0 Å². The van der Waals surface area contributed by atoms with Crippen LogP contribution in [0.15, 0.2) is 11.1 Å². The Bertz CT molecular complexity index is 328. The Morgan fingerprint density at radius 1 is 1.18 bits per heavy atom. The number of nitrogens with one attached hydrogen (secondary N) is 1. The SMILES string of the molecule is CCCCCSc1cc(C)nc(NCCC)n1. The van der Waals surface area contributed by atoms with Gasteiger partial charge in [-0.25, -0.2) is 9.97 Å². The van der Waals surface area contributed by atoms with Crippen LogP contribution in [0.3, 0.4) is 0 Å². The lowest BCUT2D eigenvalue weighted by atomic mass is 10.3. The molecule has 4 heteroatoms. The Morgan fingerprint density at radius 3 is 2.71 bits per heavy atom. The van der Waals surface area contributed by atoms with Gasteiger partial charge in [-0.1, -0.05) is 26.7 Å². The number of anilines is 1. The molecule has 0 fully saturated rings. The Hall–Kier alpha value is -0.770. The normalized spacial score (nSPS) is 10.5. The van der Waals surface area contributed by atoms with E-state index in [1.165, 1.54) is 19.3 Å². The molecule has 1 heterocycles. The second-order valence-electron chi connectivity index (χ2n) is 4.15. The van der Waals surface area contributed by atoms with Crippen molar-refractivity contribution in [2.75, 3.05) is 17.6 Å². The average Bonchev–Trinajstić information content (AvgIpc) is 2.31. The van der Waals surface area contributed by atoms with Gasteiger partial charge in [-0.05, 0) is 31.6 Å². The van der Waals surface area contributed by atoms with Crippen molar-refractivity contribution in [2.45, 2.75) is 51.5 Å². The quantitative estimate of drug-likeness (QED) is 0.433. The van der Waals surface area contributed by atoms with E-state index in [9.17, 15) is 0 Å². The van der Waals surface area contributed by atoms with Crippen molar-refractivity contribution in [2.24, 2.45) is 0 Å². The summed E-state index contributed by atoms with van der Waals surface area (Å²) in [5.74, 6) is 1.92. The molecule has 0 saturated heterocycles. The highest BCUT2D eigenvalue weighted by Gasteiger charge is 2.02. The van der Waals surface area contributed by atoms with Crippen molar-refractivity contribution in [1.29, 1.82) is 0 Å². The number of nitrogens with zero attached hydrogens (tertiary/aromatic N) is 2. The van der Waals surface area contributed by atoms with E-state index in [0.29, 0.717) is 0 Å². The van der Waals surface area contributed by atoms with Gasteiger partial charge in [0.25, 0.3) is 0 Å². The van der Waals surface area contributed by atoms with E-state index in [1.54, 1.807) is 0 Å². The summed E-state index contributed by atoms with van der Waals surface area (Å²) in [6.45, 7) is 7.33. The standard InChI is InChI=1S/C13H23N3S/c1-4-6-7-9-17-12-10-11(3)15-13(16-12)14-8-5-2/h10H,4-9H2,1-3H3,(H,14,15,16). The summed E-state index contributed by atoms with van der Waals surface area (Å²) in [6.07, 6.45) is 4.93. The van der Waals surface area contributed by atoms with E-state index in [-0.39, 0.29) is 0 Å². The molecular weight excluding hydrogens is 230 g/mol. The molecule has 0 spiro atoms. The van der Waals surface area contributed by atoms with Gasteiger partial charge in [0.05, 0.1) is 0 Å². The molecule has 0 aliphatic carbocycles. The Morgan fingerprint density at radius 2 is 2.00 bits per heavy atom. The third-order valence-electron chi connectivity index (χ3n) is 2.36. The van der Waals surface area contributed by atoms with E-state index in [0.717, 1.165) is 35.4 Å². The summed E-state index contributed by atoms with van der Waals surface area (Å²) in [6, 6.07) is 2.06. The summed E-state index contributed by atoms with van der Waals surface area (Å²) in [5.41, 5.74) is 1.04. The fourth-order valence-electron chi connectivity index (χ4n) is 1.46. The number of thioether (sulfide) groups is 1. The molecule has 17 heavy (non-hydrogen) atoms. The average molecular weight is 253 g/mol. The minimum absolute atomic E-state index is 0.768. The molecule has 0 unspecified atom stereocenters. The Labute approximate surface area is 109 Å². The van der Waals surface area contributed by atoms with Crippen LogP contribution in [0.2, 0.25) is 0 Å². The summed E-state index contributed by atoms with van der Waals surface area (Å²) in [5, 5.41) is 4.33. The van der Waals surface area contributed by atoms with Gasteiger partial charge in [0, 0.05) is 12.2 Å². The first-order valence-corrected chi connectivity index (χ1v) is 7.47. The van der Waals surface area contributed by atoms with Gasteiger partial charge in [0.2, 0.25) is 5.95 Å². The van der Waals surface area contributed by atoms with Crippen LogP contribution in [0.1, 0.15) is 45.2 Å². The Balaban J connectivity index is 2.50. The second-order valence-corrected chi connectivity index (χ2v) is 5.27. The minimum Gasteiger partial charge on any atom is -0.354 e. The summed E-state index contributed by atoms with van der Waals surface area (Å²) < 4.78 is 0. The molecule has 0 amide bonds. The summed E-state index contributed by atoms with van der Waals surface area (Å²) in [4.78, 5) is 8.89. The predicted molar refractivity (Wildman–Crippen MR) is 75.8 cm³/mol. The second kappa shape index (κ2) is 8.34. The first-order valence-electron chi connectivity index (χ1n) is 6.48. The molecule has 1 N–H and O–H groups in total. The van der Waals surface area contributed by atoms with E-state index in [4.69, 9.17) is 0 Å². The van der Waals surface area contributed by atoms with Crippen LogP contribution in [-0.2, 0) is 0 Å². The fourth-order valence-corrected chi connectivity index (χ4v) is 2.42. The van der Waals surface area contributed by atoms with Crippen LogP contribution in [0.25, 0.3) is 0 Å². The van der Waals surface area contributed by atoms with Crippen molar-refractivity contribution in [3.63, 3.8) is 0 Å². The molecular formula is C13H23N3S. The lowest BCUT2D eigenvalue weighted by molar-refractivity contribution is 0.778. The highest BCUT2D eigenvalue weighted by molar-refractivity contribution is 7.99. The lowest BCUT2D eigenvalue weighted by Crippen LogP contribution is -2.05. The molecule has 0 bridgehead atoms. The molecule has 0 aromatic carbocycles. The Kier molecular flexibility index (Phi) is 7.01. The van der Waals surface area contributed by atoms with Crippen molar-refractivity contribution < 1.29 is 0 Å². The van der Waals surface area contributed by atoms with Crippen molar-refractivity contribution in [3.8, 4) is 0 Å². The first-order chi connectivity index (χ1) is 8.26. The smallest absolute Gasteiger partial charge is 0.223 e. The van der Waals surface area contributed by atoms with Crippen molar-refractivity contribution >= 4 is 17.7 Å². The molecule has 0 saturated carbocycles. The van der Waals surface area contributed by atoms with Crippen LogP contribution in [0, 0.1) is 6.92 Å². The maximum absolute atomic E-state index is 4.51. The highest BCUT2D eigenvalue weighted by Crippen LogP contribution is 2.19. The van der Waals surface area contributed by atoms with E-state index in [1.807, 2.05) is 18.7 Å². The van der Waals surface area contributed by atoms with Gasteiger partial charge in [-0.2, -0.15) is 0 Å². The molecule has 0 aliphatic heterocycles. The predicted octanol–water partition coefficient (Wildman–Crippen LogP) is 3.89. The topological polar surface area (TPSA) is 37.8 Å². The van der Waals surface area contributed by atoms with Gasteiger partial charge in [0.15, 0.2) is 0 Å². The number of aryl methyl sites for hydroxylation is 1. The summed E-state index contributed by atoms with van der Waals surface area (Å²) >= 11 is 1.83. The number of unbranched alkanes of at least 4 members (excludes halogenated alkanes) is 2. The third-order valence-corrected chi connectivity index (χ3v) is 3.36. The molecule has 1 aromatic heterocycles. The monoisotopic (exact) mass is 253 g/mol. The minimum atomic E-state index is 0.768. The molecule has 0 radical (unpaired) electrons. The molecule has 1 aromatic rings. The van der Waals surface area contributed by atoms with Gasteiger partial charge in [-0.15, -0.1) is 11.8 Å². The highest BCUT2D eigenvalue weighted by atomic mass is 32.2. The third kappa shape index (κ3) is 5.91. The molecule has 0 atom stereocenters. The zero-order valence-electron chi connectivity index (χ0n) is 11.1. The van der Waals surface area contributed by atoms with Gasteiger partial charge in [0.1, 0.15) is 5.03 Å².